The van der Waals surface area contributed by atoms with E-state index in [0.717, 1.165) is 6.07 Å². The molecular weight excluding hydrogens is 341 g/mol. The normalized spacial score (nSPS) is 9.95. The highest BCUT2D eigenvalue weighted by Gasteiger charge is 2.12. The molecule has 0 saturated carbocycles. The molecule has 106 valence electrons. The van der Waals surface area contributed by atoms with Crippen molar-refractivity contribution >= 4 is 27.3 Å². The van der Waals surface area contributed by atoms with Crippen LogP contribution in [0.4, 0.5) is 15.8 Å². The molecule has 2 rings (SSSR count). The number of nitrogens with zero attached hydrogens (tertiary/aromatic N) is 2. The zero-order chi connectivity index (χ0) is 15.4. The third-order valence-electron chi connectivity index (χ3n) is 2.79. The predicted molar refractivity (Wildman–Crippen MR) is 79.2 cm³/mol. The van der Waals surface area contributed by atoms with Crippen molar-refractivity contribution in [3.8, 4) is 6.07 Å². The van der Waals surface area contributed by atoms with Gasteiger partial charge >= 0.3 is 0 Å². The fourth-order valence-corrected chi connectivity index (χ4v) is 2.16. The third kappa shape index (κ3) is 3.55. The van der Waals surface area contributed by atoms with Gasteiger partial charge in [0.05, 0.1) is 20.6 Å². The van der Waals surface area contributed by atoms with Gasteiger partial charge in [-0.2, -0.15) is 5.26 Å². The maximum atomic E-state index is 13.0. The minimum Gasteiger partial charge on any atom is -0.380 e. The Morgan fingerprint density at radius 3 is 2.76 bits per heavy atom. The average Bonchev–Trinajstić information content (AvgIpc) is 2.46. The van der Waals surface area contributed by atoms with Gasteiger partial charge in [0.25, 0.3) is 5.69 Å². The number of nitriles is 1. The first-order valence-corrected chi connectivity index (χ1v) is 6.67. The van der Waals surface area contributed by atoms with Crippen LogP contribution in [0.2, 0.25) is 0 Å². The van der Waals surface area contributed by atoms with E-state index in [1.165, 1.54) is 18.2 Å². The van der Waals surface area contributed by atoms with Crippen molar-refractivity contribution in [1.82, 2.24) is 0 Å². The van der Waals surface area contributed by atoms with E-state index in [2.05, 4.69) is 21.2 Å². The van der Waals surface area contributed by atoms with Gasteiger partial charge < -0.3 is 5.32 Å². The second kappa shape index (κ2) is 6.33. The molecule has 7 heteroatoms. The summed E-state index contributed by atoms with van der Waals surface area (Å²) in [6, 6.07) is 10.5. The molecule has 0 bridgehead atoms. The second-order valence-corrected chi connectivity index (χ2v) is 5.05. The molecule has 2 aromatic rings. The first-order chi connectivity index (χ1) is 10.0. The van der Waals surface area contributed by atoms with Gasteiger partial charge in [-0.25, -0.2) is 4.39 Å². The average molecular weight is 350 g/mol. The van der Waals surface area contributed by atoms with E-state index in [1.807, 2.05) is 6.07 Å². The molecule has 2 aromatic carbocycles. The SMILES string of the molecule is N#Cc1cc(F)ccc1NCc1ccc(Br)c([N+](=O)[O-])c1. The quantitative estimate of drug-likeness (QED) is 0.668. The number of nitrogens with one attached hydrogen (secondary N) is 1. The van der Waals surface area contributed by atoms with Crippen molar-refractivity contribution in [2.75, 3.05) is 5.32 Å². The number of nitro benzene ring substituents is 1. The standard InChI is InChI=1S/C14H9BrFN3O2/c15-12-3-1-9(5-14(12)19(20)21)8-18-13-4-2-11(16)6-10(13)7-17/h1-6,18H,8H2. The zero-order valence-electron chi connectivity index (χ0n) is 10.6. The van der Waals surface area contributed by atoms with Crippen molar-refractivity contribution in [3.05, 3.63) is 67.9 Å². The van der Waals surface area contributed by atoms with Crippen LogP contribution in [0.3, 0.4) is 0 Å². The van der Waals surface area contributed by atoms with Crippen LogP contribution >= 0.6 is 15.9 Å². The van der Waals surface area contributed by atoms with Gasteiger partial charge in [-0.3, -0.25) is 10.1 Å². The largest absolute Gasteiger partial charge is 0.380 e. The highest BCUT2D eigenvalue weighted by Crippen LogP contribution is 2.26. The Hall–Kier alpha value is -2.46. The molecular formula is C14H9BrFN3O2. The lowest BCUT2D eigenvalue weighted by Crippen LogP contribution is -2.02. The molecule has 21 heavy (non-hydrogen) atoms. The van der Waals surface area contributed by atoms with Crippen molar-refractivity contribution in [1.29, 1.82) is 5.26 Å². The number of hydrogen-bond donors (Lipinski definition) is 1. The van der Waals surface area contributed by atoms with E-state index < -0.39 is 10.7 Å². The molecule has 5 nitrogen and oxygen atoms in total. The van der Waals surface area contributed by atoms with Crippen molar-refractivity contribution in [2.24, 2.45) is 0 Å². The van der Waals surface area contributed by atoms with E-state index in [0.29, 0.717) is 15.7 Å². The number of nitro groups is 1. The number of anilines is 1. The molecule has 0 fully saturated rings. The molecule has 1 N–H and O–H groups in total. The Morgan fingerprint density at radius 2 is 2.10 bits per heavy atom. The van der Waals surface area contributed by atoms with Gasteiger partial charge in [-0.05, 0) is 45.8 Å². The number of halogens is 2. The minimum atomic E-state index is -0.489. The van der Waals surface area contributed by atoms with Crippen LogP contribution in [0.15, 0.2) is 40.9 Å². The van der Waals surface area contributed by atoms with E-state index >= 15 is 0 Å². The van der Waals surface area contributed by atoms with Crippen molar-refractivity contribution in [3.63, 3.8) is 0 Å². The van der Waals surface area contributed by atoms with E-state index in [9.17, 15) is 14.5 Å². The van der Waals surface area contributed by atoms with Gasteiger partial charge in [0.15, 0.2) is 0 Å². The maximum absolute atomic E-state index is 13.0. The summed E-state index contributed by atoms with van der Waals surface area (Å²) in [5.74, 6) is -0.489. The molecule has 0 aromatic heterocycles. The van der Waals surface area contributed by atoms with Gasteiger partial charge in [-0.1, -0.05) is 6.07 Å². The Bertz CT molecular complexity index is 743. The summed E-state index contributed by atoms with van der Waals surface area (Å²) in [7, 11) is 0. The highest BCUT2D eigenvalue weighted by atomic mass is 79.9. The zero-order valence-corrected chi connectivity index (χ0v) is 12.2. The van der Waals surface area contributed by atoms with E-state index in [1.54, 1.807) is 12.1 Å². The summed E-state index contributed by atoms with van der Waals surface area (Å²) in [6.45, 7) is 0.286. The molecule has 0 aliphatic carbocycles. The highest BCUT2D eigenvalue weighted by molar-refractivity contribution is 9.10. The summed E-state index contributed by atoms with van der Waals surface area (Å²) in [5, 5.41) is 22.8. The van der Waals surface area contributed by atoms with Gasteiger partial charge in [0.1, 0.15) is 11.9 Å². The summed E-state index contributed by atoms with van der Waals surface area (Å²) in [4.78, 5) is 10.4. The summed E-state index contributed by atoms with van der Waals surface area (Å²) in [5.41, 5.74) is 1.30. The van der Waals surface area contributed by atoms with Crippen LogP contribution in [0.5, 0.6) is 0 Å². The summed E-state index contributed by atoms with van der Waals surface area (Å²) >= 11 is 3.11. The molecule has 0 atom stereocenters. The smallest absolute Gasteiger partial charge is 0.283 e. The summed E-state index contributed by atoms with van der Waals surface area (Å²) < 4.78 is 13.4. The van der Waals surface area contributed by atoms with Gasteiger partial charge in [-0.15, -0.1) is 0 Å². The lowest BCUT2D eigenvalue weighted by Gasteiger charge is -2.08. The van der Waals surface area contributed by atoms with E-state index in [-0.39, 0.29) is 17.8 Å². The van der Waals surface area contributed by atoms with Crippen LogP contribution in [0.25, 0.3) is 0 Å². The molecule has 0 amide bonds. The fourth-order valence-electron chi connectivity index (χ4n) is 1.77. The Morgan fingerprint density at radius 1 is 1.33 bits per heavy atom. The topological polar surface area (TPSA) is 79.0 Å². The van der Waals surface area contributed by atoms with Crippen LogP contribution in [-0.4, -0.2) is 4.92 Å². The molecule has 0 heterocycles. The fraction of sp³-hybridized carbons (Fsp3) is 0.0714. The number of hydrogen-bond acceptors (Lipinski definition) is 4. The van der Waals surface area contributed by atoms with Crippen LogP contribution in [0.1, 0.15) is 11.1 Å². The molecule has 0 unspecified atom stereocenters. The van der Waals surface area contributed by atoms with E-state index in [4.69, 9.17) is 5.26 Å². The first kappa shape index (κ1) is 14.9. The number of rotatable bonds is 4. The summed E-state index contributed by atoms with van der Waals surface area (Å²) in [6.07, 6.45) is 0. The maximum Gasteiger partial charge on any atom is 0.283 e. The Kier molecular flexibility index (Phi) is 4.50. The monoisotopic (exact) mass is 349 g/mol. The lowest BCUT2D eigenvalue weighted by molar-refractivity contribution is -0.385. The second-order valence-electron chi connectivity index (χ2n) is 4.20. The van der Waals surface area contributed by atoms with Gasteiger partial charge in [0.2, 0.25) is 0 Å². The molecule has 0 spiro atoms. The lowest BCUT2D eigenvalue weighted by atomic mass is 10.1. The Balaban J connectivity index is 2.19. The number of benzene rings is 2. The Labute approximate surface area is 128 Å². The molecule has 0 saturated heterocycles. The van der Waals surface area contributed by atoms with Crippen LogP contribution in [-0.2, 0) is 6.54 Å². The molecule has 0 aliphatic rings. The molecule has 0 aliphatic heterocycles. The third-order valence-corrected chi connectivity index (χ3v) is 3.46. The molecule has 0 radical (unpaired) electrons. The van der Waals surface area contributed by atoms with Gasteiger partial charge in [0, 0.05) is 12.6 Å². The van der Waals surface area contributed by atoms with Crippen LogP contribution in [0, 0.1) is 27.3 Å². The van der Waals surface area contributed by atoms with Crippen LogP contribution < -0.4 is 5.32 Å². The van der Waals surface area contributed by atoms with Crippen molar-refractivity contribution < 1.29 is 9.31 Å². The predicted octanol–water partition coefficient (Wildman–Crippen LogP) is 3.98. The van der Waals surface area contributed by atoms with Crippen molar-refractivity contribution in [2.45, 2.75) is 6.54 Å². The minimum absolute atomic E-state index is 0.0334. The first-order valence-electron chi connectivity index (χ1n) is 5.87.